The predicted octanol–water partition coefficient (Wildman–Crippen LogP) is 2.85. The first-order valence-electron chi connectivity index (χ1n) is 7.48. The third kappa shape index (κ3) is 5.58. The molecule has 0 saturated heterocycles. The van der Waals surface area contributed by atoms with E-state index in [1.165, 1.54) is 12.3 Å². The Bertz CT molecular complexity index is 785. The summed E-state index contributed by atoms with van der Waals surface area (Å²) in [6.45, 7) is 4.00. The van der Waals surface area contributed by atoms with E-state index < -0.39 is 10.8 Å². The van der Waals surface area contributed by atoms with Crippen molar-refractivity contribution >= 4 is 17.8 Å². The van der Waals surface area contributed by atoms with Crippen LogP contribution in [0.15, 0.2) is 66.3 Å². The van der Waals surface area contributed by atoms with Crippen LogP contribution in [0.2, 0.25) is 0 Å². The molecule has 0 heterocycles. The molecule has 1 amide bonds. The number of hydrogen-bond donors (Lipinski definition) is 1. The number of nitro benzene ring substituents is 1. The van der Waals surface area contributed by atoms with Gasteiger partial charge in [0, 0.05) is 11.6 Å². The van der Waals surface area contributed by atoms with Crippen LogP contribution in [0.4, 0.5) is 5.69 Å². The summed E-state index contributed by atoms with van der Waals surface area (Å²) in [4.78, 5) is 22.3. The Hall–Kier alpha value is -3.48. The number of rotatable bonds is 8. The Morgan fingerprint density at radius 1 is 1.24 bits per heavy atom. The number of carbonyl (C=O) groups is 1. The number of ether oxygens (including phenoxy) is 1. The summed E-state index contributed by atoms with van der Waals surface area (Å²) in [7, 11) is 0. The Kier molecular flexibility index (Phi) is 6.41. The van der Waals surface area contributed by atoms with Crippen molar-refractivity contribution in [1.29, 1.82) is 0 Å². The number of amides is 1. The van der Waals surface area contributed by atoms with E-state index in [1.54, 1.807) is 48.5 Å². The highest BCUT2D eigenvalue weighted by Crippen LogP contribution is 2.17. The lowest BCUT2D eigenvalue weighted by molar-refractivity contribution is -0.385. The predicted molar refractivity (Wildman–Crippen MR) is 94.7 cm³/mol. The van der Waals surface area contributed by atoms with Crippen LogP contribution in [-0.4, -0.2) is 23.7 Å². The van der Waals surface area contributed by atoms with E-state index in [2.05, 4.69) is 17.1 Å². The molecule has 0 radical (unpaired) electrons. The highest BCUT2D eigenvalue weighted by Gasteiger charge is 2.14. The molecule has 0 fully saturated rings. The van der Waals surface area contributed by atoms with E-state index in [1.807, 2.05) is 0 Å². The molecule has 0 aliphatic carbocycles. The summed E-state index contributed by atoms with van der Waals surface area (Å²) in [6.07, 6.45) is 3.01. The van der Waals surface area contributed by atoms with Crippen molar-refractivity contribution in [3.8, 4) is 5.75 Å². The summed E-state index contributed by atoms with van der Waals surface area (Å²) in [5, 5.41) is 14.8. The zero-order valence-electron chi connectivity index (χ0n) is 13.4. The zero-order valence-corrected chi connectivity index (χ0v) is 13.4. The zero-order chi connectivity index (χ0) is 18.1. The van der Waals surface area contributed by atoms with Gasteiger partial charge in [-0.3, -0.25) is 14.9 Å². The minimum absolute atomic E-state index is 0.0863. The van der Waals surface area contributed by atoms with Crippen molar-refractivity contribution in [2.75, 3.05) is 6.61 Å². The van der Waals surface area contributed by atoms with Crippen LogP contribution in [0.5, 0.6) is 5.75 Å². The average Bonchev–Trinajstić information content (AvgIpc) is 2.61. The van der Waals surface area contributed by atoms with Gasteiger partial charge in [-0.05, 0) is 29.8 Å². The fourth-order valence-electron chi connectivity index (χ4n) is 2.04. The number of para-hydroxylation sites is 1. The van der Waals surface area contributed by atoms with Crippen LogP contribution in [0.1, 0.15) is 11.1 Å². The molecule has 2 rings (SSSR count). The molecule has 2 aromatic carbocycles. The van der Waals surface area contributed by atoms with Gasteiger partial charge >= 0.3 is 0 Å². The SMILES string of the molecule is C=CCOc1ccc(/C=N/NC(=O)Cc2ccccc2[N+](=O)[O-])cc1. The summed E-state index contributed by atoms with van der Waals surface area (Å²) >= 11 is 0. The molecular formula is C18H17N3O4. The third-order valence-electron chi connectivity index (χ3n) is 3.19. The Labute approximate surface area is 144 Å². The summed E-state index contributed by atoms with van der Waals surface area (Å²) in [5.74, 6) is 0.272. The summed E-state index contributed by atoms with van der Waals surface area (Å²) < 4.78 is 5.36. The maximum atomic E-state index is 11.9. The minimum atomic E-state index is -0.512. The maximum absolute atomic E-state index is 11.9. The van der Waals surface area contributed by atoms with E-state index in [-0.39, 0.29) is 12.1 Å². The normalized spacial score (nSPS) is 10.4. The molecule has 0 bridgehead atoms. The monoisotopic (exact) mass is 339 g/mol. The number of hydrogen-bond acceptors (Lipinski definition) is 5. The quantitative estimate of drug-likeness (QED) is 0.346. The molecule has 7 nitrogen and oxygen atoms in total. The molecule has 1 N–H and O–H groups in total. The van der Waals surface area contributed by atoms with Gasteiger partial charge in [-0.2, -0.15) is 5.10 Å². The number of nitrogens with zero attached hydrogens (tertiary/aromatic N) is 2. The topological polar surface area (TPSA) is 93.8 Å². The summed E-state index contributed by atoms with van der Waals surface area (Å²) in [5.41, 5.74) is 3.38. The maximum Gasteiger partial charge on any atom is 0.273 e. The fraction of sp³-hybridized carbons (Fsp3) is 0.111. The van der Waals surface area contributed by atoms with Crippen molar-refractivity contribution in [2.24, 2.45) is 5.10 Å². The molecule has 0 atom stereocenters. The fourth-order valence-corrected chi connectivity index (χ4v) is 2.04. The van der Waals surface area contributed by atoms with Gasteiger partial charge in [0.25, 0.3) is 5.69 Å². The molecule has 0 saturated carbocycles. The second-order valence-electron chi connectivity index (χ2n) is 5.02. The Morgan fingerprint density at radius 3 is 2.64 bits per heavy atom. The lowest BCUT2D eigenvalue weighted by atomic mass is 10.1. The molecule has 0 aliphatic heterocycles. The van der Waals surface area contributed by atoms with Crippen molar-refractivity contribution < 1.29 is 14.5 Å². The highest BCUT2D eigenvalue weighted by molar-refractivity contribution is 5.83. The number of carbonyl (C=O) groups excluding carboxylic acids is 1. The van der Waals surface area contributed by atoms with Crippen molar-refractivity contribution in [1.82, 2.24) is 5.43 Å². The molecule has 128 valence electrons. The third-order valence-corrected chi connectivity index (χ3v) is 3.19. The number of nitro groups is 1. The summed E-state index contributed by atoms with van der Waals surface area (Å²) in [6, 6.07) is 13.2. The molecule has 25 heavy (non-hydrogen) atoms. The first kappa shape index (κ1) is 17.9. The first-order valence-corrected chi connectivity index (χ1v) is 7.48. The van der Waals surface area contributed by atoms with E-state index in [9.17, 15) is 14.9 Å². The standard InChI is InChI=1S/C18H17N3O4/c1-2-11-25-16-9-7-14(8-10-16)13-19-20-18(22)12-15-5-3-4-6-17(15)21(23)24/h2-10,13H,1,11-12H2,(H,20,22)/b19-13+. The van der Waals surface area contributed by atoms with Crippen LogP contribution >= 0.6 is 0 Å². The van der Waals surface area contributed by atoms with Crippen molar-refractivity contribution in [3.63, 3.8) is 0 Å². The van der Waals surface area contributed by atoms with Crippen LogP contribution in [-0.2, 0) is 11.2 Å². The van der Waals surface area contributed by atoms with Crippen LogP contribution in [0, 0.1) is 10.1 Å². The molecule has 0 aliphatic rings. The number of nitrogens with one attached hydrogen (secondary N) is 1. The van der Waals surface area contributed by atoms with Gasteiger partial charge in [0.2, 0.25) is 5.91 Å². The second-order valence-corrected chi connectivity index (χ2v) is 5.02. The van der Waals surface area contributed by atoms with Gasteiger partial charge in [-0.15, -0.1) is 0 Å². The number of hydrazone groups is 1. The molecule has 0 aromatic heterocycles. The highest BCUT2D eigenvalue weighted by atomic mass is 16.6. The van der Waals surface area contributed by atoms with E-state index >= 15 is 0 Å². The molecular weight excluding hydrogens is 322 g/mol. The smallest absolute Gasteiger partial charge is 0.273 e. The second kappa shape index (κ2) is 8.97. The van der Waals surface area contributed by atoms with Crippen molar-refractivity contribution in [3.05, 3.63) is 82.4 Å². The van der Waals surface area contributed by atoms with Crippen LogP contribution in [0.3, 0.4) is 0 Å². The lowest BCUT2D eigenvalue weighted by Crippen LogP contribution is -2.20. The minimum Gasteiger partial charge on any atom is -0.490 e. The van der Waals surface area contributed by atoms with Crippen LogP contribution < -0.4 is 10.2 Å². The lowest BCUT2D eigenvalue weighted by Gasteiger charge is -2.03. The Morgan fingerprint density at radius 2 is 1.96 bits per heavy atom. The molecule has 0 spiro atoms. The van der Waals surface area contributed by atoms with Gasteiger partial charge in [0.05, 0.1) is 17.6 Å². The van der Waals surface area contributed by atoms with Gasteiger partial charge in [0.15, 0.2) is 0 Å². The largest absolute Gasteiger partial charge is 0.490 e. The van der Waals surface area contributed by atoms with E-state index in [0.29, 0.717) is 17.9 Å². The number of benzene rings is 2. The van der Waals surface area contributed by atoms with Gasteiger partial charge in [0.1, 0.15) is 12.4 Å². The van der Waals surface area contributed by atoms with Gasteiger partial charge < -0.3 is 4.74 Å². The van der Waals surface area contributed by atoms with Crippen LogP contribution in [0.25, 0.3) is 0 Å². The average molecular weight is 339 g/mol. The van der Waals surface area contributed by atoms with E-state index in [4.69, 9.17) is 4.74 Å². The van der Waals surface area contributed by atoms with Gasteiger partial charge in [-0.25, -0.2) is 5.43 Å². The van der Waals surface area contributed by atoms with Gasteiger partial charge in [-0.1, -0.05) is 30.9 Å². The Balaban J connectivity index is 1.90. The van der Waals surface area contributed by atoms with E-state index in [0.717, 1.165) is 5.56 Å². The molecule has 2 aromatic rings. The van der Waals surface area contributed by atoms with Crippen molar-refractivity contribution in [2.45, 2.75) is 6.42 Å². The molecule has 0 unspecified atom stereocenters. The first-order chi connectivity index (χ1) is 12.1. The molecule has 7 heteroatoms.